The molecule has 1 aromatic carbocycles. The fourth-order valence-electron chi connectivity index (χ4n) is 2.59. The molecule has 1 aliphatic heterocycles. The monoisotopic (exact) mass is 317 g/mol. The number of piperazine rings is 1. The minimum atomic E-state index is 0.00905. The molecule has 2 rings (SSSR count). The third-order valence-electron chi connectivity index (χ3n) is 4.11. The molecule has 124 valence electrons. The van der Waals surface area contributed by atoms with E-state index in [2.05, 4.69) is 0 Å². The number of carbonyl (C=O) groups excluding carboxylic acids is 3. The molecule has 0 aromatic heterocycles. The highest BCUT2D eigenvalue weighted by Crippen LogP contribution is 2.13. The lowest BCUT2D eigenvalue weighted by Crippen LogP contribution is -2.48. The van der Waals surface area contributed by atoms with Crippen molar-refractivity contribution in [2.45, 2.75) is 19.3 Å². The van der Waals surface area contributed by atoms with Crippen LogP contribution in [0.3, 0.4) is 0 Å². The Labute approximate surface area is 136 Å². The molecular weight excluding hydrogens is 294 g/mol. The van der Waals surface area contributed by atoms with Crippen LogP contribution in [0, 0.1) is 0 Å². The zero-order chi connectivity index (χ0) is 16.7. The lowest BCUT2D eigenvalue weighted by molar-refractivity contribution is -0.135. The molecule has 0 aliphatic carbocycles. The summed E-state index contributed by atoms with van der Waals surface area (Å²) < 4.78 is 0. The van der Waals surface area contributed by atoms with Crippen molar-refractivity contribution in [1.29, 1.82) is 0 Å². The van der Waals surface area contributed by atoms with Crippen LogP contribution in [0.25, 0.3) is 0 Å². The van der Waals surface area contributed by atoms with Crippen LogP contribution in [0.5, 0.6) is 0 Å². The number of benzene rings is 1. The van der Waals surface area contributed by atoms with Gasteiger partial charge in [-0.05, 0) is 18.6 Å². The molecule has 1 fully saturated rings. The molecule has 0 unspecified atom stereocenters. The van der Waals surface area contributed by atoms with Crippen LogP contribution in [0.15, 0.2) is 30.3 Å². The molecule has 6 nitrogen and oxygen atoms in total. The standard InChI is InChI=1S/C17H23N3O3/c1-18(15-6-3-2-4-7-15)16(22)8-5-9-17(23)20-12-10-19(14-21)11-13-20/h2-4,6-7,14H,5,8-13H2,1H3. The van der Waals surface area contributed by atoms with Crippen LogP contribution < -0.4 is 4.90 Å². The maximum atomic E-state index is 12.1. The molecule has 0 saturated carbocycles. The molecule has 0 atom stereocenters. The first kappa shape index (κ1) is 17.0. The number of para-hydroxylation sites is 1. The normalized spacial score (nSPS) is 14.5. The molecular formula is C17H23N3O3. The summed E-state index contributed by atoms with van der Waals surface area (Å²) in [7, 11) is 1.75. The molecule has 3 amide bonds. The summed E-state index contributed by atoms with van der Waals surface area (Å²) in [6, 6.07) is 9.46. The van der Waals surface area contributed by atoms with Crippen molar-refractivity contribution < 1.29 is 14.4 Å². The number of amides is 3. The Hall–Kier alpha value is -2.37. The molecule has 1 aliphatic rings. The van der Waals surface area contributed by atoms with E-state index in [4.69, 9.17) is 0 Å². The van der Waals surface area contributed by atoms with Crippen molar-refractivity contribution in [3.05, 3.63) is 30.3 Å². The third kappa shape index (κ3) is 4.81. The third-order valence-corrected chi connectivity index (χ3v) is 4.11. The van der Waals surface area contributed by atoms with Crippen LogP contribution >= 0.6 is 0 Å². The highest BCUT2D eigenvalue weighted by molar-refractivity contribution is 5.93. The molecule has 1 heterocycles. The molecule has 0 N–H and O–H groups in total. The van der Waals surface area contributed by atoms with Crippen LogP contribution in [0.2, 0.25) is 0 Å². The molecule has 0 radical (unpaired) electrons. The largest absolute Gasteiger partial charge is 0.342 e. The molecule has 0 spiro atoms. The van der Waals surface area contributed by atoms with Crippen LogP contribution in [0.1, 0.15) is 19.3 Å². The number of hydrogen-bond donors (Lipinski definition) is 0. The minimum absolute atomic E-state index is 0.00905. The van der Waals surface area contributed by atoms with Gasteiger partial charge in [0, 0.05) is 51.8 Å². The van der Waals surface area contributed by atoms with E-state index in [0.717, 1.165) is 12.1 Å². The lowest BCUT2D eigenvalue weighted by Gasteiger charge is -2.32. The van der Waals surface area contributed by atoms with Crippen molar-refractivity contribution in [3.63, 3.8) is 0 Å². The van der Waals surface area contributed by atoms with E-state index < -0.39 is 0 Å². The number of nitrogens with zero attached hydrogens (tertiary/aromatic N) is 3. The predicted octanol–water partition coefficient (Wildman–Crippen LogP) is 1.12. The van der Waals surface area contributed by atoms with Crippen molar-refractivity contribution in [2.24, 2.45) is 0 Å². The highest BCUT2D eigenvalue weighted by atomic mass is 16.2. The van der Waals surface area contributed by atoms with E-state index in [0.29, 0.717) is 45.4 Å². The van der Waals surface area contributed by atoms with Crippen molar-refractivity contribution in [1.82, 2.24) is 9.80 Å². The van der Waals surface area contributed by atoms with Gasteiger partial charge in [-0.3, -0.25) is 14.4 Å². The Balaban J connectivity index is 1.71. The van der Waals surface area contributed by atoms with E-state index in [-0.39, 0.29) is 11.8 Å². The van der Waals surface area contributed by atoms with Gasteiger partial charge in [0.15, 0.2) is 0 Å². The first-order chi connectivity index (χ1) is 11.1. The summed E-state index contributed by atoms with van der Waals surface area (Å²) in [6.07, 6.45) is 2.09. The number of carbonyl (C=O) groups is 3. The first-order valence-corrected chi connectivity index (χ1v) is 7.90. The quantitative estimate of drug-likeness (QED) is 0.739. The molecule has 6 heteroatoms. The molecule has 1 aromatic rings. The van der Waals surface area contributed by atoms with Gasteiger partial charge in [0.25, 0.3) is 0 Å². The van der Waals surface area contributed by atoms with Crippen molar-refractivity contribution >= 4 is 23.9 Å². The SMILES string of the molecule is CN(C(=O)CCCC(=O)N1CCN(C=O)CC1)c1ccccc1. The maximum Gasteiger partial charge on any atom is 0.226 e. The maximum absolute atomic E-state index is 12.1. The van der Waals surface area contributed by atoms with Gasteiger partial charge in [-0.25, -0.2) is 0 Å². The molecule has 1 saturated heterocycles. The van der Waals surface area contributed by atoms with Gasteiger partial charge in [0.2, 0.25) is 18.2 Å². The smallest absolute Gasteiger partial charge is 0.226 e. The van der Waals surface area contributed by atoms with Crippen molar-refractivity contribution in [2.75, 3.05) is 38.1 Å². The second-order valence-corrected chi connectivity index (χ2v) is 5.66. The number of anilines is 1. The minimum Gasteiger partial charge on any atom is -0.342 e. The average Bonchev–Trinajstić information content (AvgIpc) is 2.61. The van der Waals surface area contributed by atoms with Gasteiger partial charge < -0.3 is 14.7 Å². The van der Waals surface area contributed by atoms with Gasteiger partial charge in [-0.2, -0.15) is 0 Å². The summed E-state index contributed by atoms with van der Waals surface area (Å²) in [5.41, 5.74) is 0.855. The highest BCUT2D eigenvalue weighted by Gasteiger charge is 2.20. The lowest BCUT2D eigenvalue weighted by atomic mass is 10.2. The summed E-state index contributed by atoms with van der Waals surface area (Å²) >= 11 is 0. The van der Waals surface area contributed by atoms with Crippen LogP contribution in [0.4, 0.5) is 5.69 Å². The number of rotatable bonds is 6. The van der Waals surface area contributed by atoms with E-state index in [1.54, 1.807) is 21.7 Å². The van der Waals surface area contributed by atoms with Crippen LogP contribution in [-0.4, -0.2) is 61.3 Å². The topological polar surface area (TPSA) is 60.9 Å². The van der Waals surface area contributed by atoms with E-state index in [9.17, 15) is 14.4 Å². The summed E-state index contributed by atoms with van der Waals surface area (Å²) in [5.74, 6) is 0.0699. The second-order valence-electron chi connectivity index (χ2n) is 5.66. The van der Waals surface area contributed by atoms with Gasteiger partial charge in [0.1, 0.15) is 0 Å². The Morgan fingerprint density at radius 1 is 1.09 bits per heavy atom. The Morgan fingerprint density at radius 2 is 1.74 bits per heavy atom. The summed E-state index contributed by atoms with van der Waals surface area (Å²) in [5, 5.41) is 0. The Morgan fingerprint density at radius 3 is 2.35 bits per heavy atom. The second kappa shape index (κ2) is 8.31. The first-order valence-electron chi connectivity index (χ1n) is 7.90. The zero-order valence-corrected chi connectivity index (χ0v) is 13.5. The molecule has 23 heavy (non-hydrogen) atoms. The van der Waals surface area contributed by atoms with E-state index >= 15 is 0 Å². The van der Waals surface area contributed by atoms with Gasteiger partial charge >= 0.3 is 0 Å². The Bertz CT molecular complexity index is 539. The van der Waals surface area contributed by atoms with Crippen LogP contribution in [-0.2, 0) is 14.4 Å². The fourth-order valence-corrected chi connectivity index (χ4v) is 2.59. The predicted molar refractivity (Wildman–Crippen MR) is 87.9 cm³/mol. The van der Waals surface area contributed by atoms with Gasteiger partial charge in [0.05, 0.1) is 0 Å². The van der Waals surface area contributed by atoms with Crippen molar-refractivity contribution in [3.8, 4) is 0 Å². The number of hydrogen-bond acceptors (Lipinski definition) is 3. The van der Waals surface area contributed by atoms with Gasteiger partial charge in [-0.1, -0.05) is 18.2 Å². The van der Waals surface area contributed by atoms with E-state index in [1.807, 2.05) is 30.3 Å². The average molecular weight is 317 g/mol. The summed E-state index contributed by atoms with van der Waals surface area (Å²) in [6.45, 7) is 2.33. The zero-order valence-electron chi connectivity index (χ0n) is 13.5. The molecule has 0 bridgehead atoms. The fraction of sp³-hybridized carbons (Fsp3) is 0.471. The van der Waals surface area contributed by atoms with Gasteiger partial charge in [-0.15, -0.1) is 0 Å². The Kier molecular flexibility index (Phi) is 6.14. The summed E-state index contributed by atoms with van der Waals surface area (Å²) in [4.78, 5) is 39.9. The van der Waals surface area contributed by atoms with E-state index in [1.165, 1.54) is 0 Å².